The van der Waals surface area contributed by atoms with Gasteiger partial charge < -0.3 is 10.6 Å². The van der Waals surface area contributed by atoms with Gasteiger partial charge in [0.1, 0.15) is 0 Å². The van der Waals surface area contributed by atoms with Crippen LogP contribution in [0.3, 0.4) is 0 Å². The molecule has 2 aromatic carbocycles. The molecule has 0 saturated heterocycles. The maximum Gasteiger partial charge on any atom is 0.241 e. The molecule has 0 heterocycles. The van der Waals surface area contributed by atoms with E-state index in [1.54, 1.807) is 0 Å². The number of rotatable bonds is 13. The Morgan fingerprint density at radius 1 is 0.771 bits per heavy atom. The number of hydrogen-bond donors (Lipinski definition) is 2. The summed E-state index contributed by atoms with van der Waals surface area (Å²) in [5.74, 6) is 0.0410. The highest BCUT2D eigenvalue weighted by Crippen LogP contribution is 2.21. The predicted molar refractivity (Wildman–Crippen MR) is 147 cm³/mol. The fraction of sp³-hybridized carbons (Fsp3) is 0.517. The summed E-state index contributed by atoms with van der Waals surface area (Å²) < 4.78 is 0. The summed E-state index contributed by atoms with van der Waals surface area (Å²) in [7, 11) is 0. The molecule has 1 atom stereocenters. The van der Waals surface area contributed by atoms with Gasteiger partial charge in [-0.2, -0.15) is 0 Å². The van der Waals surface area contributed by atoms with E-state index in [0.717, 1.165) is 72.6 Å². The summed E-state index contributed by atoms with van der Waals surface area (Å²) in [5, 5.41) is 6.27. The Morgan fingerprint density at radius 2 is 1.26 bits per heavy atom. The SMILES string of the molecule is CCN(CCC[C@@H](C(=O)Nc1c(C)cccc1C)N(CC)CC)CC(=O)Nc1c(C)cccc1C. The maximum atomic E-state index is 13.3. The van der Waals surface area contributed by atoms with Crippen molar-refractivity contribution in [3.05, 3.63) is 58.7 Å². The number of nitrogens with one attached hydrogen (secondary N) is 2. The van der Waals surface area contributed by atoms with Crippen molar-refractivity contribution in [1.29, 1.82) is 0 Å². The molecule has 35 heavy (non-hydrogen) atoms. The van der Waals surface area contributed by atoms with E-state index < -0.39 is 0 Å². The smallest absolute Gasteiger partial charge is 0.241 e. The lowest BCUT2D eigenvalue weighted by Gasteiger charge is -2.30. The van der Waals surface area contributed by atoms with E-state index in [4.69, 9.17) is 0 Å². The molecular weight excluding hydrogens is 436 g/mol. The van der Waals surface area contributed by atoms with Crippen LogP contribution in [0.25, 0.3) is 0 Å². The van der Waals surface area contributed by atoms with Crippen molar-refractivity contribution in [1.82, 2.24) is 9.80 Å². The molecular formula is C29H44N4O2. The Labute approximate surface area is 212 Å². The zero-order valence-electron chi connectivity index (χ0n) is 22.7. The quantitative estimate of drug-likeness (QED) is 0.408. The summed E-state index contributed by atoms with van der Waals surface area (Å²) in [6, 6.07) is 11.9. The zero-order chi connectivity index (χ0) is 26.0. The summed E-state index contributed by atoms with van der Waals surface area (Å²) in [6.45, 7) is 17.9. The number of anilines is 2. The summed E-state index contributed by atoms with van der Waals surface area (Å²) in [5.41, 5.74) is 6.09. The number of aryl methyl sites for hydroxylation is 4. The van der Waals surface area contributed by atoms with Gasteiger partial charge in [0.05, 0.1) is 12.6 Å². The Hall–Kier alpha value is -2.70. The van der Waals surface area contributed by atoms with Crippen LogP contribution in [0.1, 0.15) is 55.9 Å². The number of hydrogen-bond acceptors (Lipinski definition) is 4. The van der Waals surface area contributed by atoms with Gasteiger partial charge in [0, 0.05) is 11.4 Å². The molecule has 0 unspecified atom stereocenters. The normalized spacial score (nSPS) is 12.1. The third-order valence-electron chi connectivity index (χ3n) is 6.80. The Kier molecular flexibility index (Phi) is 11.4. The highest BCUT2D eigenvalue weighted by Gasteiger charge is 2.25. The van der Waals surface area contributed by atoms with Crippen molar-refractivity contribution in [2.75, 3.05) is 43.4 Å². The molecule has 0 bridgehead atoms. The molecule has 0 aromatic heterocycles. The van der Waals surface area contributed by atoms with Gasteiger partial charge in [0.2, 0.25) is 11.8 Å². The molecule has 6 nitrogen and oxygen atoms in total. The third-order valence-corrected chi connectivity index (χ3v) is 6.80. The lowest BCUT2D eigenvalue weighted by molar-refractivity contribution is -0.121. The minimum Gasteiger partial charge on any atom is -0.324 e. The van der Waals surface area contributed by atoms with E-state index in [2.05, 4.69) is 41.2 Å². The summed E-state index contributed by atoms with van der Waals surface area (Å²) in [6.07, 6.45) is 1.58. The first-order valence-electron chi connectivity index (χ1n) is 12.9. The number of nitrogens with zero attached hydrogens (tertiary/aromatic N) is 2. The minimum absolute atomic E-state index is 0.00249. The number of amides is 2. The molecule has 2 aromatic rings. The summed E-state index contributed by atoms with van der Waals surface area (Å²) >= 11 is 0. The average Bonchev–Trinajstić information content (AvgIpc) is 2.82. The van der Waals surface area contributed by atoms with E-state index in [0.29, 0.717) is 6.54 Å². The third kappa shape index (κ3) is 8.18. The van der Waals surface area contributed by atoms with Crippen molar-refractivity contribution in [3.8, 4) is 0 Å². The van der Waals surface area contributed by atoms with Crippen LogP contribution in [0.4, 0.5) is 11.4 Å². The zero-order valence-corrected chi connectivity index (χ0v) is 22.7. The molecule has 2 amide bonds. The topological polar surface area (TPSA) is 64.7 Å². The molecule has 0 spiro atoms. The van der Waals surface area contributed by atoms with Crippen LogP contribution in [-0.4, -0.2) is 60.4 Å². The minimum atomic E-state index is -0.203. The highest BCUT2D eigenvalue weighted by atomic mass is 16.2. The molecule has 2 N–H and O–H groups in total. The van der Waals surface area contributed by atoms with Gasteiger partial charge in [0.25, 0.3) is 0 Å². The van der Waals surface area contributed by atoms with Crippen LogP contribution in [0.2, 0.25) is 0 Å². The van der Waals surface area contributed by atoms with Gasteiger partial charge in [0.15, 0.2) is 0 Å². The standard InChI is InChI=1S/C29H44N4O2/c1-8-32(20-26(34)30-27-21(4)14-11-15-22(27)5)19-13-18-25(33(9-2)10-3)29(35)31-28-23(6)16-12-17-24(28)7/h11-12,14-17,25H,8-10,13,18-20H2,1-7H3,(H,30,34)(H,31,35)/t25-/m0/s1. The van der Waals surface area contributed by atoms with E-state index in [1.807, 2.05) is 64.1 Å². The molecule has 0 saturated carbocycles. The van der Waals surface area contributed by atoms with Crippen LogP contribution < -0.4 is 10.6 Å². The monoisotopic (exact) mass is 480 g/mol. The highest BCUT2D eigenvalue weighted by molar-refractivity contribution is 5.96. The van der Waals surface area contributed by atoms with Crippen LogP contribution >= 0.6 is 0 Å². The number of para-hydroxylation sites is 2. The fourth-order valence-corrected chi connectivity index (χ4v) is 4.61. The number of carbonyl (C=O) groups excluding carboxylic acids is 2. The molecule has 0 fully saturated rings. The van der Waals surface area contributed by atoms with Crippen LogP contribution in [-0.2, 0) is 9.59 Å². The lowest BCUT2D eigenvalue weighted by atomic mass is 10.1. The van der Waals surface area contributed by atoms with Crippen LogP contribution in [0, 0.1) is 27.7 Å². The fourth-order valence-electron chi connectivity index (χ4n) is 4.61. The first kappa shape index (κ1) is 28.5. The van der Waals surface area contributed by atoms with Gasteiger partial charge in [-0.3, -0.25) is 19.4 Å². The van der Waals surface area contributed by atoms with E-state index in [1.165, 1.54) is 0 Å². The van der Waals surface area contributed by atoms with Crippen LogP contribution in [0.5, 0.6) is 0 Å². The van der Waals surface area contributed by atoms with E-state index >= 15 is 0 Å². The molecule has 6 heteroatoms. The molecule has 0 aliphatic rings. The first-order valence-corrected chi connectivity index (χ1v) is 12.9. The van der Waals surface area contributed by atoms with Gasteiger partial charge in [-0.05, 0) is 89.0 Å². The van der Waals surface area contributed by atoms with Gasteiger partial charge in [-0.1, -0.05) is 57.2 Å². The van der Waals surface area contributed by atoms with Crippen molar-refractivity contribution in [3.63, 3.8) is 0 Å². The van der Waals surface area contributed by atoms with Crippen LogP contribution in [0.15, 0.2) is 36.4 Å². The van der Waals surface area contributed by atoms with Gasteiger partial charge in [-0.25, -0.2) is 0 Å². The molecule has 0 radical (unpaired) electrons. The molecule has 0 aliphatic carbocycles. The van der Waals surface area contributed by atoms with Crippen molar-refractivity contribution >= 4 is 23.2 Å². The summed E-state index contributed by atoms with van der Waals surface area (Å²) in [4.78, 5) is 30.4. The molecule has 0 aliphatic heterocycles. The van der Waals surface area contributed by atoms with E-state index in [9.17, 15) is 9.59 Å². The first-order chi connectivity index (χ1) is 16.7. The Morgan fingerprint density at radius 3 is 1.71 bits per heavy atom. The van der Waals surface area contributed by atoms with Crippen molar-refractivity contribution in [2.45, 2.75) is 67.3 Å². The van der Waals surface area contributed by atoms with Gasteiger partial charge in [-0.15, -0.1) is 0 Å². The van der Waals surface area contributed by atoms with E-state index in [-0.39, 0.29) is 17.9 Å². The lowest BCUT2D eigenvalue weighted by Crippen LogP contribution is -2.44. The number of likely N-dealkylation sites (N-methyl/N-ethyl adjacent to an activating group) is 2. The van der Waals surface area contributed by atoms with Crippen molar-refractivity contribution in [2.24, 2.45) is 0 Å². The van der Waals surface area contributed by atoms with Gasteiger partial charge >= 0.3 is 0 Å². The average molecular weight is 481 g/mol. The second kappa shape index (κ2) is 14.0. The Balaban J connectivity index is 1.99. The largest absolute Gasteiger partial charge is 0.324 e. The molecule has 2 rings (SSSR count). The predicted octanol–water partition coefficient (Wildman–Crippen LogP) is 5.31. The number of carbonyl (C=O) groups is 2. The second-order valence-electron chi connectivity index (χ2n) is 9.32. The Bertz CT molecular complexity index is 944. The maximum absolute atomic E-state index is 13.3. The second-order valence-corrected chi connectivity index (χ2v) is 9.32. The number of benzene rings is 2. The molecule has 192 valence electrons. The van der Waals surface area contributed by atoms with Crippen molar-refractivity contribution < 1.29 is 9.59 Å².